The molecule has 1 N–H and O–H groups in total. The molecule has 0 aromatic carbocycles. The van der Waals surface area contributed by atoms with E-state index in [1.165, 1.54) is 25.7 Å². The zero-order valence-corrected chi connectivity index (χ0v) is 14.6. The minimum atomic E-state index is 0.0309. The van der Waals surface area contributed by atoms with Crippen LogP contribution in [0.5, 0.6) is 0 Å². The van der Waals surface area contributed by atoms with Crippen LogP contribution in [0.1, 0.15) is 66.7 Å². The van der Waals surface area contributed by atoms with Gasteiger partial charge in [-0.3, -0.25) is 10.1 Å². The third-order valence-electron chi connectivity index (χ3n) is 5.58. The van der Waals surface area contributed by atoms with Crippen molar-refractivity contribution >= 4 is 5.91 Å². The van der Waals surface area contributed by atoms with E-state index in [1.807, 2.05) is 0 Å². The maximum atomic E-state index is 12.8. The van der Waals surface area contributed by atoms with Crippen molar-refractivity contribution in [3.8, 4) is 0 Å². The van der Waals surface area contributed by atoms with Gasteiger partial charge in [-0.15, -0.1) is 0 Å². The molecule has 3 nitrogen and oxygen atoms in total. The highest BCUT2D eigenvalue weighted by Gasteiger charge is 2.42. The van der Waals surface area contributed by atoms with Gasteiger partial charge in [-0.25, -0.2) is 0 Å². The first kappa shape index (κ1) is 16.8. The molecule has 5 unspecified atom stereocenters. The van der Waals surface area contributed by atoms with Crippen LogP contribution in [0.4, 0.5) is 0 Å². The predicted octanol–water partition coefficient (Wildman–Crippen LogP) is 3.64. The standard InChI is InChI=1S/C18H34N2O/c1-6-14(5)16-18(21)20(17(19-16)12(2)3)11-15-9-7-8-13(4)10-15/h12-17,19H,6-11H2,1-5H3. The zero-order chi connectivity index (χ0) is 15.6. The number of carbonyl (C=O) groups is 1. The Bertz CT molecular complexity index is 355. The van der Waals surface area contributed by atoms with Crippen LogP contribution in [0.2, 0.25) is 0 Å². The summed E-state index contributed by atoms with van der Waals surface area (Å²) in [5.74, 6) is 2.79. The van der Waals surface area contributed by atoms with Gasteiger partial charge in [-0.1, -0.05) is 53.9 Å². The van der Waals surface area contributed by atoms with Crippen molar-refractivity contribution in [2.45, 2.75) is 78.9 Å². The van der Waals surface area contributed by atoms with Gasteiger partial charge in [0.15, 0.2) is 0 Å². The number of hydrogen-bond donors (Lipinski definition) is 1. The Balaban J connectivity index is 2.05. The van der Waals surface area contributed by atoms with Crippen LogP contribution in [-0.4, -0.2) is 29.6 Å². The summed E-state index contributed by atoms with van der Waals surface area (Å²) >= 11 is 0. The second kappa shape index (κ2) is 7.13. The largest absolute Gasteiger partial charge is 0.325 e. The molecule has 21 heavy (non-hydrogen) atoms. The number of carbonyl (C=O) groups excluding carboxylic acids is 1. The normalized spacial score (nSPS) is 35.5. The van der Waals surface area contributed by atoms with E-state index in [0.29, 0.717) is 23.7 Å². The van der Waals surface area contributed by atoms with E-state index in [0.717, 1.165) is 18.9 Å². The van der Waals surface area contributed by atoms with E-state index in [-0.39, 0.29) is 12.2 Å². The average Bonchev–Trinajstić information content (AvgIpc) is 2.76. The smallest absolute Gasteiger partial charge is 0.241 e. The fourth-order valence-electron chi connectivity index (χ4n) is 4.06. The lowest BCUT2D eigenvalue weighted by Gasteiger charge is -2.34. The fraction of sp³-hybridized carbons (Fsp3) is 0.944. The minimum Gasteiger partial charge on any atom is -0.325 e. The Kier molecular flexibility index (Phi) is 5.70. The number of amides is 1. The summed E-state index contributed by atoms with van der Waals surface area (Å²) in [6.07, 6.45) is 6.58. The molecule has 0 aromatic heterocycles. The summed E-state index contributed by atoms with van der Waals surface area (Å²) in [5.41, 5.74) is 0. The molecule has 1 aliphatic carbocycles. The molecule has 1 heterocycles. The van der Waals surface area contributed by atoms with E-state index < -0.39 is 0 Å². The van der Waals surface area contributed by atoms with Gasteiger partial charge in [0, 0.05) is 6.54 Å². The van der Waals surface area contributed by atoms with Crippen molar-refractivity contribution in [3.05, 3.63) is 0 Å². The molecule has 0 spiro atoms. The minimum absolute atomic E-state index is 0.0309. The lowest BCUT2D eigenvalue weighted by molar-refractivity contribution is -0.132. The first-order valence-electron chi connectivity index (χ1n) is 9.00. The summed E-state index contributed by atoms with van der Waals surface area (Å²) in [5, 5.41) is 3.62. The van der Waals surface area contributed by atoms with Crippen LogP contribution in [0.15, 0.2) is 0 Å². The molecule has 5 atom stereocenters. The predicted molar refractivity (Wildman–Crippen MR) is 87.8 cm³/mol. The Labute approximate surface area is 130 Å². The third kappa shape index (κ3) is 3.80. The second-order valence-electron chi connectivity index (χ2n) is 7.85. The summed E-state index contributed by atoms with van der Waals surface area (Å²) in [7, 11) is 0. The van der Waals surface area contributed by atoms with E-state index in [9.17, 15) is 4.79 Å². The highest BCUT2D eigenvalue weighted by atomic mass is 16.2. The molecule has 0 bridgehead atoms. The van der Waals surface area contributed by atoms with Crippen molar-refractivity contribution in [2.75, 3.05) is 6.54 Å². The van der Waals surface area contributed by atoms with Crippen molar-refractivity contribution in [1.82, 2.24) is 10.2 Å². The second-order valence-corrected chi connectivity index (χ2v) is 7.85. The Hall–Kier alpha value is -0.570. The van der Waals surface area contributed by atoms with Crippen LogP contribution >= 0.6 is 0 Å². The van der Waals surface area contributed by atoms with E-state index >= 15 is 0 Å². The Morgan fingerprint density at radius 2 is 2.00 bits per heavy atom. The van der Waals surface area contributed by atoms with Crippen molar-refractivity contribution in [2.24, 2.45) is 23.7 Å². The monoisotopic (exact) mass is 294 g/mol. The van der Waals surface area contributed by atoms with Gasteiger partial charge in [0.25, 0.3) is 0 Å². The lowest BCUT2D eigenvalue weighted by atomic mass is 9.82. The van der Waals surface area contributed by atoms with Crippen molar-refractivity contribution in [3.63, 3.8) is 0 Å². The molecule has 122 valence electrons. The van der Waals surface area contributed by atoms with Crippen LogP contribution < -0.4 is 5.32 Å². The van der Waals surface area contributed by atoms with Crippen molar-refractivity contribution in [1.29, 1.82) is 0 Å². The van der Waals surface area contributed by atoms with Gasteiger partial charge in [-0.05, 0) is 36.5 Å². The molecule has 3 heteroatoms. The molecule has 1 saturated carbocycles. The molecule has 1 saturated heterocycles. The maximum Gasteiger partial charge on any atom is 0.241 e. The van der Waals surface area contributed by atoms with E-state index in [1.54, 1.807) is 0 Å². The number of nitrogens with one attached hydrogen (secondary N) is 1. The van der Waals surface area contributed by atoms with Gasteiger partial charge < -0.3 is 4.90 Å². The highest BCUT2D eigenvalue weighted by Crippen LogP contribution is 2.32. The molecular weight excluding hydrogens is 260 g/mol. The van der Waals surface area contributed by atoms with Crippen molar-refractivity contribution < 1.29 is 4.79 Å². The van der Waals surface area contributed by atoms with E-state index in [2.05, 4.69) is 44.8 Å². The molecular formula is C18H34N2O. The molecule has 2 fully saturated rings. The van der Waals surface area contributed by atoms with Crippen LogP contribution in [-0.2, 0) is 4.79 Å². The molecule has 0 radical (unpaired) electrons. The maximum absolute atomic E-state index is 12.8. The highest BCUT2D eigenvalue weighted by molar-refractivity contribution is 5.84. The van der Waals surface area contributed by atoms with Gasteiger partial charge in [0.05, 0.1) is 12.2 Å². The quantitative estimate of drug-likeness (QED) is 0.839. The first-order valence-corrected chi connectivity index (χ1v) is 9.00. The lowest BCUT2D eigenvalue weighted by Crippen LogP contribution is -2.44. The van der Waals surface area contributed by atoms with Crippen LogP contribution in [0, 0.1) is 23.7 Å². The average molecular weight is 294 g/mol. The Morgan fingerprint density at radius 3 is 2.57 bits per heavy atom. The SMILES string of the molecule is CCC(C)C1NC(C(C)C)N(CC2CCCC(C)C2)C1=O. The molecule has 2 aliphatic rings. The van der Waals surface area contributed by atoms with Gasteiger partial charge in [-0.2, -0.15) is 0 Å². The topological polar surface area (TPSA) is 32.3 Å². The van der Waals surface area contributed by atoms with Crippen LogP contribution in [0.3, 0.4) is 0 Å². The number of rotatable bonds is 5. The molecule has 1 amide bonds. The fourth-order valence-corrected chi connectivity index (χ4v) is 4.06. The molecule has 0 aromatic rings. The van der Waals surface area contributed by atoms with Gasteiger partial charge in [0.1, 0.15) is 0 Å². The number of nitrogens with zero attached hydrogens (tertiary/aromatic N) is 1. The summed E-state index contributed by atoms with van der Waals surface area (Å²) in [6, 6.07) is 0.0309. The molecule has 1 aliphatic heterocycles. The van der Waals surface area contributed by atoms with Gasteiger partial charge >= 0.3 is 0 Å². The summed E-state index contributed by atoms with van der Waals surface area (Å²) in [6.45, 7) is 12.1. The van der Waals surface area contributed by atoms with E-state index in [4.69, 9.17) is 0 Å². The molecule has 2 rings (SSSR count). The Morgan fingerprint density at radius 1 is 1.29 bits per heavy atom. The third-order valence-corrected chi connectivity index (χ3v) is 5.58. The first-order chi connectivity index (χ1) is 9.93. The number of hydrogen-bond acceptors (Lipinski definition) is 2. The summed E-state index contributed by atoms with van der Waals surface area (Å²) in [4.78, 5) is 15.0. The van der Waals surface area contributed by atoms with Gasteiger partial charge in [0.2, 0.25) is 5.91 Å². The zero-order valence-electron chi connectivity index (χ0n) is 14.6. The van der Waals surface area contributed by atoms with Crippen LogP contribution in [0.25, 0.3) is 0 Å². The summed E-state index contributed by atoms with van der Waals surface area (Å²) < 4.78 is 0.